The normalized spacial score (nSPS) is 12.4. The van der Waals surface area contributed by atoms with Crippen LogP contribution in [0.1, 0.15) is 34.0 Å². The molecule has 1 atom stereocenters. The van der Waals surface area contributed by atoms with E-state index in [1.165, 1.54) is 19.1 Å². The van der Waals surface area contributed by atoms with E-state index < -0.39 is 29.6 Å². The van der Waals surface area contributed by atoms with Gasteiger partial charge in [-0.05, 0) is 49.2 Å². The molecule has 0 heterocycles. The molecule has 0 aromatic heterocycles. The third-order valence-electron chi connectivity index (χ3n) is 4.00. The zero-order valence-electron chi connectivity index (χ0n) is 14.7. The van der Waals surface area contributed by atoms with Crippen molar-refractivity contribution in [3.05, 3.63) is 69.7 Å². The highest BCUT2D eigenvalue weighted by molar-refractivity contribution is 6.31. The largest absolute Gasteiger partial charge is 0.416 e. The highest BCUT2D eigenvalue weighted by Crippen LogP contribution is 2.29. The summed E-state index contributed by atoms with van der Waals surface area (Å²) in [6.45, 7) is 3.26. The number of carbonyl (C=O) groups is 2. The molecule has 0 aliphatic heterocycles. The number of carbonyl (C=O) groups excluding carboxylic acids is 2. The van der Waals surface area contributed by atoms with Crippen LogP contribution in [0.25, 0.3) is 0 Å². The Morgan fingerprint density at radius 3 is 2.33 bits per heavy atom. The van der Waals surface area contributed by atoms with Crippen LogP contribution in [0.2, 0.25) is 5.02 Å². The fourth-order valence-corrected chi connectivity index (χ4v) is 2.52. The Morgan fingerprint density at radius 1 is 1.11 bits per heavy atom. The van der Waals surface area contributed by atoms with Gasteiger partial charge in [-0.2, -0.15) is 13.2 Å². The quantitative estimate of drug-likeness (QED) is 0.796. The third-order valence-corrected chi connectivity index (χ3v) is 4.41. The summed E-state index contributed by atoms with van der Waals surface area (Å²) in [6, 6.07) is 8.56. The van der Waals surface area contributed by atoms with E-state index in [0.29, 0.717) is 21.7 Å². The summed E-state index contributed by atoms with van der Waals surface area (Å²) >= 11 is 5.98. The van der Waals surface area contributed by atoms with Gasteiger partial charge in [0.25, 0.3) is 5.91 Å². The predicted molar refractivity (Wildman–Crippen MR) is 96.4 cm³/mol. The van der Waals surface area contributed by atoms with Gasteiger partial charge in [-0.1, -0.05) is 29.8 Å². The first-order valence-corrected chi connectivity index (χ1v) is 8.47. The zero-order valence-corrected chi connectivity index (χ0v) is 15.4. The van der Waals surface area contributed by atoms with Crippen LogP contribution in [-0.4, -0.2) is 17.9 Å². The molecule has 0 aliphatic rings. The maximum Gasteiger partial charge on any atom is 0.416 e. The van der Waals surface area contributed by atoms with Crippen LogP contribution < -0.4 is 10.6 Å². The summed E-state index contributed by atoms with van der Waals surface area (Å²) in [5.74, 6) is -0.893. The van der Waals surface area contributed by atoms with E-state index >= 15 is 0 Å². The summed E-state index contributed by atoms with van der Waals surface area (Å²) in [7, 11) is 0. The second-order valence-electron chi connectivity index (χ2n) is 6.02. The molecule has 2 N–H and O–H groups in total. The van der Waals surface area contributed by atoms with Crippen molar-refractivity contribution in [1.82, 2.24) is 10.6 Å². The van der Waals surface area contributed by atoms with Gasteiger partial charge in [0.2, 0.25) is 5.91 Å². The fraction of sp³-hybridized carbons (Fsp3) is 0.263. The van der Waals surface area contributed by atoms with Crippen molar-refractivity contribution in [2.45, 2.75) is 32.6 Å². The number of amides is 2. The molecule has 2 amide bonds. The van der Waals surface area contributed by atoms with Crippen molar-refractivity contribution in [1.29, 1.82) is 0 Å². The zero-order chi connectivity index (χ0) is 20.2. The molecule has 0 saturated carbocycles. The lowest BCUT2D eigenvalue weighted by Crippen LogP contribution is -2.44. The Bertz CT molecular complexity index is 836. The maximum absolute atomic E-state index is 12.5. The Hall–Kier alpha value is -2.54. The molecule has 0 aliphatic carbocycles. The number of benzene rings is 2. The Labute approximate surface area is 159 Å². The molecular weight excluding hydrogens is 381 g/mol. The minimum atomic E-state index is -4.40. The summed E-state index contributed by atoms with van der Waals surface area (Å²) < 4.78 is 37.6. The number of alkyl halides is 3. The van der Waals surface area contributed by atoms with Crippen LogP contribution in [0.5, 0.6) is 0 Å². The van der Waals surface area contributed by atoms with E-state index in [9.17, 15) is 22.8 Å². The van der Waals surface area contributed by atoms with Gasteiger partial charge in [0, 0.05) is 17.1 Å². The van der Waals surface area contributed by atoms with Crippen molar-refractivity contribution in [3.63, 3.8) is 0 Å². The standard InChI is InChI=1S/C19H18ClF3N2O2/c1-11-15(4-3-5-16(11)20)18(27)25-12(2)17(26)24-10-13-6-8-14(9-7-13)19(21,22)23/h3-9,12H,10H2,1-2H3,(H,24,26)(H,25,27). The highest BCUT2D eigenvalue weighted by atomic mass is 35.5. The van der Waals surface area contributed by atoms with Crippen molar-refractivity contribution in [2.24, 2.45) is 0 Å². The minimum Gasteiger partial charge on any atom is -0.350 e. The molecule has 4 nitrogen and oxygen atoms in total. The van der Waals surface area contributed by atoms with E-state index in [2.05, 4.69) is 10.6 Å². The van der Waals surface area contributed by atoms with Crippen LogP contribution in [0.15, 0.2) is 42.5 Å². The molecule has 0 fully saturated rings. The van der Waals surface area contributed by atoms with Gasteiger partial charge < -0.3 is 10.6 Å². The average Bonchev–Trinajstić information content (AvgIpc) is 2.61. The first kappa shape index (κ1) is 20.8. The SMILES string of the molecule is Cc1c(Cl)cccc1C(=O)NC(C)C(=O)NCc1ccc(C(F)(F)F)cc1. The van der Waals surface area contributed by atoms with E-state index in [4.69, 9.17) is 11.6 Å². The molecule has 0 spiro atoms. The molecule has 1 unspecified atom stereocenters. The summed E-state index contributed by atoms with van der Waals surface area (Å²) in [4.78, 5) is 24.4. The molecule has 0 saturated heterocycles. The van der Waals surface area contributed by atoms with Crippen molar-refractivity contribution in [2.75, 3.05) is 0 Å². The summed E-state index contributed by atoms with van der Waals surface area (Å²) in [5.41, 5.74) is 0.731. The molecule has 2 rings (SSSR count). The molecule has 8 heteroatoms. The monoisotopic (exact) mass is 398 g/mol. The fourth-order valence-electron chi connectivity index (χ4n) is 2.35. The second-order valence-corrected chi connectivity index (χ2v) is 6.43. The number of halogens is 4. The minimum absolute atomic E-state index is 0.0490. The molecule has 2 aromatic rings. The van der Waals surface area contributed by atoms with Gasteiger partial charge in [-0.25, -0.2) is 0 Å². The van der Waals surface area contributed by atoms with Gasteiger partial charge in [-0.15, -0.1) is 0 Å². The lowest BCUT2D eigenvalue weighted by Gasteiger charge is -2.15. The van der Waals surface area contributed by atoms with Crippen LogP contribution in [0.3, 0.4) is 0 Å². The Balaban J connectivity index is 1.92. The third kappa shape index (κ3) is 5.47. The van der Waals surface area contributed by atoms with Gasteiger partial charge >= 0.3 is 6.18 Å². The maximum atomic E-state index is 12.5. The van der Waals surface area contributed by atoms with Gasteiger partial charge in [0.1, 0.15) is 6.04 Å². The molecule has 27 heavy (non-hydrogen) atoms. The molecule has 2 aromatic carbocycles. The lowest BCUT2D eigenvalue weighted by atomic mass is 10.1. The van der Waals surface area contributed by atoms with Crippen LogP contribution in [0, 0.1) is 6.92 Å². The molecule has 0 bridgehead atoms. The van der Waals surface area contributed by atoms with E-state index in [-0.39, 0.29) is 6.54 Å². The van der Waals surface area contributed by atoms with Crippen molar-refractivity contribution < 1.29 is 22.8 Å². The summed E-state index contributed by atoms with van der Waals surface area (Å²) in [6.07, 6.45) is -4.40. The average molecular weight is 399 g/mol. The van der Waals surface area contributed by atoms with Crippen molar-refractivity contribution >= 4 is 23.4 Å². The molecule has 144 valence electrons. The molecular formula is C19H18ClF3N2O2. The lowest BCUT2D eigenvalue weighted by molar-refractivity contribution is -0.137. The van der Waals surface area contributed by atoms with Crippen LogP contribution in [-0.2, 0) is 17.5 Å². The van der Waals surface area contributed by atoms with E-state index in [1.807, 2.05) is 0 Å². The second kappa shape index (κ2) is 8.43. The van der Waals surface area contributed by atoms with E-state index in [0.717, 1.165) is 12.1 Å². The van der Waals surface area contributed by atoms with Gasteiger partial charge in [0.05, 0.1) is 5.56 Å². The predicted octanol–water partition coefficient (Wildman–Crippen LogP) is 4.10. The van der Waals surface area contributed by atoms with Crippen LogP contribution >= 0.6 is 11.6 Å². The van der Waals surface area contributed by atoms with E-state index in [1.54, 1.807) is 25.1 Å². The van der Waals surface area contributed by atoms with Crippen molar-refractivity contribution in [3.8, 4) is 0 Å². The first-order valence-electron chi connectivity index (χ1n) is 8.09. The van der Waals surface area contributed by atoms with Gasteiger partial charge in [-0.3, -0.25) is 9.59 Å². The van der Waals surface area contributed by atoms with Gasteiger partial charge in [0.15, 0.2) is 0 Å². The number of nitrogens with one attached hydrogen (secondary N) is 2. The smallest absolute Gasteiger partial charge is 0.350 e. The number of rotatable bonds is 5. The highest BCUT2D eigenvalue weighted by Gasteiger charge is 2.29. The Morgan fingerprint density at radius 2 is 1.74 bits per heavy atom. The topological polar surface area (TPSA) is 58.2 Å². The van der Waals surface area contributed by atoms with Crippen LogP contribution in [0.4, 0.5) is 13.2 Å². The summed E-state index contributed by atoms with van der Waals surface area (Å²) in [5, 5.41) is 5.60. The first-order chi connectivity index (χ1) is 12.6. The molecule has 0 radical (unpaired) electrons. The number of hydrogen-bond donors (Lipinski definition) is 2. The Kier molecular flexibility index (Phi) is 6.49. The number of hydrogen-bond acceptors (Lipinski definition) is 2.